The van der Waals surface area contributed by atoms with Crippen molar-refractivity contribution in [1.82, 2.24) is 0 Å². The smallest absolute Gasteiger partial charge is 0.324 e. The van der Waals surface area contributed by atoms with Gasteiger partial charge < -0.3 is 14.7 Å². The number of rotatable bonds is 8. The van der Waals surface area contributed by atoms with E-state index in [1.807, 2.05) is 49.4 Å². The molecular formula is C27H30N2O5S. The number of benzene rings is 3. The minimum atomic E-state index is -4.12. The predicted octanol–water partition coefficient (Wildman–Crippen LogP) is 4.46. The number of ether oxygens (including phenoxy) is 1. The molecule has 0 atom stereocenters. The van der Waals surface area contributed by atoms with Gasteiger partial charge in [0, 0.05) is 24.3 Å². The van der Waals surface area contributed by atoms with E-state index in [1.165, 1.54) is 0 Å². The number of aryl methyl sites for hydroxylation is 3. The van der Waals surface area contributed by atoms with Crippen molar-refractivity contribution in [2.24, 2.45) is 0 Å². The van der Waals surface area contributed by atoms with Crippen molar-refractivity contribution in [3.8, 4) is 5.75 Å². The van der Waals surface area contributed by atoms with E-state index in [1.54, 1.807) is 33.1 Å². The van der Waals surface area contributed by atoms with E-state index >= 15 is 0 Å². The number of carboxylic acid groups (broad SMARTS) is 1. The zero-order chi connectivity index (χ0) is 25.3. The maximum atomic E-state index is 13.9. The van der Waals surface area contributed by atoms with Gasteiger partial charge in [-0.25, -0.2) is 8.42 Å². The van der Waals surface area contributed by atoms with Gasteiger partial charge in [-0.05, 0) is 68.1 Å². The summed E-state index contributed by atoms with van der Waals surface area (Å²) in [5.41, 5.74) is 5.39. The van der Waals surface area contributed by atoms with E-state index < -0.39 is 22.5 Å². The molecule has 1 aliphatic rings. The molecule has 1 N–H and O–H groups in total. The fraction of sp³-hybridized carbons (Fsp3) is 0.296. The van der Waals surface area contributed by atoms with E-state index in [0.29, 0.717) is 36.3 Å². The average Bonchev–Trinajstić information content (AvgIpc) is 3.19. The quantitative estimate of drug-likeness (QED) is 0.497. The molecule has 0 spiro atoms. The third-order valence-corrected chi connectivity index (χ3v) is 8.37. The fourth-order valence-electron chi connectivity index (χ4n) is 4.98. The average molecular weight is 495 g/mol. The Hall–Kier alpha value is -3.52. The van der Waals surface area contributed by atoms with Crippen LogP contribution in [0.3, 0.4) is 0 Å². The van der Waals surface area contributed by atoms with Gasteiger partial charge in [-0.3, -0.25) is 9.10 Å². The highest BCUT2D eigenvalue weighted by atomic mass is 32.2. The van der Waals surface area contributed by atoms with Crippen molar-refractivity contribution in [2.75, 3.05) is 29.4 Å². The summed E-state index contributed by atoms with van der Waals surface area (Å²) in [4.78, 5) is 14.2. The Labute approximate surface area is 206 Å². The van der Waals surface area contributed by atoms with Gasteiger partial charge >= 0.3 is 5.97 Å². The van der Waals surface area contributed by atoms with E-state index in [0.717, 1.165) is 32.4 Å². The second kappa shape index (κ2) is 9.62. The summed E-state index contributed by atoms with van der Waals surface area (Å²) in [6.07, 6.45) is 0.618. The summed E-state index contributed by atoms with van der Waals surface area (Å²) in [5, 5.41) is 9.65. The summed E-state index contributed by atoms with van der Waals surface area (Å²) in [6, 6.07) is 16.9. The number of carbonyl (C=O) groups is 1. The number of aliphatic carboxylic acids is 1. The van der Waals surface area contributed by atoms with Gasteiger partial charge in [0.1, 0.15) is 12.3 Å². The van der Waals surface area contributed by atoms with Gasteiger partial charge in [-0.15, -0.1) is 0 Å². The molecule has 184 valence electrons. The topological polar surface area (TPSA) is 87.2 Å². The van der Waals surface area contributed by atoms with E-state index in [4.69, 9.17) is 4.74 Å². The lowest BCUT2D eigenvalue weighted by molar-refractivity contribution is -0.135. The zero-order valence-electron chi connectivity index (χ0n) is 20.4. The molecule has 3 aromatic rings. The summed E-state index contributed by atoms with van der Waals surface area (Å²) >= 11 is 0. The van der Waals surface area contributed by atoms with Crippen LogP contribution in [0.1, 0.15) is 27.8 Å². The first-order valence-electron chi connectivity index (χ1n) is 11.4. The number of hydrogen-bond donors (Lipinski definition) is 1. The lowest BCUT2D eigenvalue weighted by Gasteiger charge is -2.27. The molecule has 1 heterocycles. The monoisotopic (exact) mass is 494 g/mol. The summed E-state index contributed by atoms with van der Waals surface area (Å²) in [5.74, 6) is -0.432. The van der Waals surface area contributed by atoms with Gasteiger partial charge in [-0.2, -0.15) is 0 Å². The molecular weight excluding hydrogens is 464 g/mol. The number of hydrogen-bond acceptors (Lipinski definition) is 5. The highest BCUT2D eigenvalue weighted by molar-refractivity contribution is 7.93. The van der Waals surface area contributed by atoms with Crippen molar-refractivity contribution < 1.29 is 23.1 Å². The lowest BCUT2D eigenvalue weighted by atomic mass is 10.1. The number of fused-ring (bicyclic) bond motifs is 1. The predicted molar refractivity (Wildman–Crippen MR) is 137 cm³/mol. The molecule has 4 rings (SSSR count). The highest BCUT2D eigenvalue weighted by Gasteiger charge is 2.34. The van der Waals surface area contributed by atoms with Crippen LogP contribution in [0.5, 0.6) is 5.75 Å². The maximum Gasteiger partial charge on any atom is 0.324 e. The van der Waals surface area contributed by atoms with Gasteiger partial charge in [0.25, 0.3) is 10.0 Å². The molecule has 0 fully saturated rings. The molecule has 0 radical (unpaired) electrons. The Morgan fingerprint density at radius 3 is 2.40 bits per heavy atom. The molecule has 0 amide bonds. The Morgan fingerprint density at radius 1 is 1.06 bits per heavy atom. The molecule has 3 aromatic carbocycles. The molecule has 7 nitrogen and oxygen atoms in total. The third-order valence-electron chi connectivity index (χ3n) is 6.31. The summed E-state index contributed by atoms with van der Waals surface area (Å²) < 4.78 is 34.2. The molecule has 0 bridgehead atoms. The number of nitrogens with zero attached hydrogens (tertiary/aromatic N) is 2. The number of sulfonamides is 1. The molecule has 1 aliphatic heterocycles. The van der Waals surface area contributed by atoms with Crippen molar-refractivity contribution in [2.45, 2.75) is 38.6 Å². The van der Waals surface area contributed by atoms with Crippen molar-refractivity contribution >= 4 is 27.4 Å². The van der Waals surface area contributed by atoms with Crippen LogP contribution in [0.25, 0.3) is 0 Å². The van der Waals surface area contributed by atoms with Gasteiger partial charge in [0.05, 0.1) is 17.7 Å². The van der Waals surface area contributed by atoms with Crippen LogP contribution in [0.2, 0.25) is 0 Å². The molecule has 0 aliphatic carbocycles. The Bertz CT molecular complexity index is 1360. The third kappa shape index (κ3) is 4.84. The molecule has 0 saturated carbocycles. The second-order valence-corrected chi connectivity index (χ2v) is 10.7. The van der Waals surface area contributed by atoms with Crippen LogP contribution in [0.15, 0.2) is 59.5 Å². The number of methoxy groups -OCH3 is 1. The first kappa shape index (κ1) is 24.6. The van der Waals surface area contributed by atoms with Crippen LogP contribution in [-0.2, 0) is 27.8 Å². The Balaban J connectivity index is 1.77. The van der Waals surface area contributed by atoms with Gasteiger partial charge in [0.2, 0.25) is 0 Å². The first-order valence-corrected chi connectivity index (χ1v) is 12.9. The SMILES string of the molecule is COc1cccc(CN2CCc3c2cccc3N(CC(=O)O)S(=O)(=O)c2c(C)cc(C)cc2C)c1. The summed E-state index contributed by atoms with van der Waals surface area (Å²) in [7, 11) is -2.49. The molecule has 0 unspecified atom stereocenters. The van der Waals surface area contributed by atoms with Crippen LogP contribution in [-0.4, -0.2) is 39.7 Å². The fourth-order valence-corrected chi connectivity index (χ4v) is 6.84. The van der Waals surface area contributed by atoms with Gasteiger partial charge in [0.15, 0.2) is 0 Å². The normalized spacial score (nSPS) is 13.0. The van der Waals surface area contributed by atoms with Crippen LogP contribution in [0, 0.1) is 20.8 Å². The van der Waals surface area contributed by atoms with E-state index in [9.17, 15) is 18.3 Å². The van der Waals surface area contributed by atoms with Crippen molar-refractivity contribution in [3.63, 3.8) is 0 Å². The number of carboxylic acids is 1. The van der Waals surface area contributed by atoms with Crippen molar-refractivity contribution in [3.05, 3.63) is 82.4 Å². The maximum absolute atomic E-state index is 13.9. The van der Waals surface area contributed by atoms with Crippen LogP contribution >= 0.6 is 0 Å². The Kier molecular flexibility index (Phi) is 6.76. The number of anilines is 2. The second-order valence-electron chi connectivity index (χ2n) is 8.93. The van der Waals surface area contributed by atoms with E-state index in [-0.39, 0.29) is 4.90 Å². The standard InChI is InChI=1S/C27H30N2O5S/c1-18-13-19(2)27(20(3)14-18)35(32,33)29(17-26(30)31)25-10-6-9-24-23(25)11-12-28(24)16-21-7-5-8-22(15-21)34-4/h5-10,13-15H,11-12,16-17H2,1-4H3,(H,30,31). The zero-order valence-corrected chi connectivity index (χ0v) is 21.2. The van der Waals surface area contributed by atoms with Crippen LogP contribution in [0.4, 0.5) is 11.4 Å². The molecule has 35 heavy (non-hydrogen) atoms. The summed E-state index contributed by atoms with van der Waals surface area (Å²) in [6.45, 7) is 6.09. The minimum Gasteiger partial charge on any atom is -0.497 e. The minimum absolute atomic E-state index is 0.160. The highest BCUT2D eigenvalue weighted by Crippen LogP contribution is 2.39. The Morgan fingerprint density at radius 2 is 1.74 bits per heavy atom. The van der Waals surface area contributed by atoms with E-state index in [2.05, 4.69) is 4.90 Å². The molecule has 8 heteroatoms. The largest absolute Gasteiger partial charge is 0.497 e. The lowest BCUT2D eigenvalue weighted by Crippen LogP contribution is -2.37. The van der Waals surface area contributed by atoms with Gasteiger partial charge in [-0.1, -0.05) is 35.9 Å². The molecule has 0 saturated heterocycles. The first-order chi connectivity index (χ1) is 16.6. The van der Waals surface area contributed by atoms with Crippen LogP contribution < -0.4 is 13.9 Å². The molecule has 0 aromatic heterocycles. The van der Waals surface area contributed by atoms with Crippen molar-refractivity contribution in [1.29, 1.82) is 0 Å².